The molecule has 0 aromatic heterocycles. The number of allylic oxidation sites excluding steroid dienone is 1. The Morgan fingerprint density at radius 3 is 3.00 bits per heavy atom. The van der Waals surface area contributed by atoms with Crippen LogP contribution in [0.2, 0.25) is 0 Å². The van der Waals surface area contributed by atoms with Gasteiger partial charge in [0.25, 0.3) is 0 Å². The van der Waals surface area contributed by atoms with Crippen molar-refractivity contribution in [2.45, 2.75) is 6.92 Å². The van der Waals surface area contributed by atoms with E-state index < -0.39 is 0 Å². The van der Waals surface area contributed by atoms with E-state index >= 15 is 0 Å². The molecule has 0 nitrogen and oxygen atoms in total. The van der Waals surface area contributed by atoms with Crippen LogP contribution in [0.15, 0.2) is 9.22 Å². The Hall–Kier alpha value is 0.727. The van der Waals surface area contributed by atoms with Gasteiger partial charge in [-0.1, -0.05) is 0 Å². The standard InChI is InChI=1S/C4H5As2/c1-4-2-5-3-6-4/h2,6H,1H3. The second-order valence-electron chi connectivity index (χ2n) is 1.18. The topological polar surface area (TPSA) is 0 Å². The van der Waals surface area contributed by atoms with Crippen LogP contribution in [-0.2, 0) is 0 Å². The fraction of sp³-hybridized carbons (Fsp3) is 0.250. The van der Waals surface area contributed by atoms with Gasteiger partial charge in [0, 0.05) is 0 Å². The molecular weight excluding hydrogens is 198 g/mol. The van der Waals surface area contributed by atoms with E-state index in [-0.39, 0.29) is 15.8 Å². The predicted molar refractivity (Wildman–Crippen MR) is 31.7 cm³/mol. The Morgan fingerprint density at radius 2 is 2.83 bits per heavy atom. The molecule has 31 valence electrons. The van der Waals surface area contributed by atoms with Crippen molar-refractivity contribution in [2.75, 3.05) is 0 Å². The van der Waals surface area contributed by atoms with E-state index in [9.17, 15) is 0 Å². The van der Waals surface area contributed by atoms with Crippen LogP contribution in [0.5, 0.6) is 0 Å². The minimum atomic E-state index is 0.222. The van der Waals surface area contributed by atoms with Gasteiger partial charge in [0.2, 0.25) is 0 Å². The van der Waals surface area contributed by atoms with Crippen LogP contribution in [0.25, 0.3) is 0 Å². The van der Waals surface area contributed by atoms with Gasteiger partial charge in [-0.3, -0.25) is 0 Å². The maximum atomic E-state index is 3.40. The molecular formula is C4H5As2. The molecule has 1 unspecified atom stereocenters. The van der Waals surface area contributed by atoms with Gasteiger partial charge in [-0.15, -0.1) is 0 Å². The molecule has 1 radical (unpaired) electrons. The van der Waals surface area contributed by atoms with Crippen LogP contribution in [-0.4, -0.2) is 34.7 Å². The van der Waals surface area contributed by atoms with Crippen LogP contribution in [0.4, 0.5) is 0 Å². The summed E-state index contributed by atoms with van der Waals surface area (Å²) in [5, 5.41) is 0. The van der Waals surface area contributed by atoms with Crippen LogP contribution >= 0.6 is 0 Å². The summed E-state index contributed by atoms with van der Waals surface area (Å²) < 4.78 is 5.03. The SMILES string of the molecule is CC1=C[As]=[C][AsH]1. The zero-order valence-corrected chi connectivity index (χ0v) is 7.50. The first-order chi connectivity index (χ1) is 2.89. The third-order valence-electron chi connectivity index (χ3n) is 0.576. The molecule has 0 bridgehead atoms. The molecule has 0 N–H and O–H groups in total. The molecule has 0 aromatic rings. The van der Waals surface area contributed by atoms with Crippen molar-refractivity contribution in [3.05, 3.63) is 9.22 Å². The van der Waals surface area contributed by atoms with Crippen molar-refractivity contribution in [1.82, 2.24) is 0 Å². The average molecular weight is 203 g/mol. The van der Waals surface area contributed by atoms with E-state index in [1.807, 2.05) is 0 Å². The Balaban J connectivity index is 2.61. The molecule has 0 fully saturated rings. The van der Waals surface area contributed by atoms with Crippen LogP contribution in [0.3, 0.4) is 0 Å². The van der Waals surface area contributed by atoms with Gasteiger partial charge in [-0.2, -0.15) is 0 Å². The Morgan fingerprint density at radius 1 is 2.00 bits per heavy atom. The monoisotopic (exact) mass is 203 g/mol. The molecule has 0 aliphatic carbocycles. The van der Waals surface area contributed by atoms with Crippen molar-refractivity contribution >= 4 is 34.7 Å². The second-order valence-corrected chi connectivity index (χ2v) is 7.35. The summed E-state index contributed by atoms with van der Waals surface area (Å²) in [7, 11) is 0. The van der Waals surface area contributed by atoms with E-state index in [0.29, 0.717) is 15.3 Å². The van der Waals surface area contributed by atoms with Crippen molar-refractivity contribution in [3.63, 3.8) is 0 Å². The Labute approximate surface area is 50.9 Å². The average Bonchev–Trinajstić information content (AvgIpc) is 1.86. The third-order valence-corrected chi connectivity index (χ3v) is 7.03. The molecule has 1 aliphatic heterocycles. The molecule has 1 heterocycles. The molecule has 0 spiro atoms. The first-order valence-electron chi connectivity index (χ1n) is 1.77. The van der Waals surface area contributed by atoms with Gasteiger partial charge in [0.1, 0.15) is 0 Å². The van der Waals surface area contributed by atoms with E-state index in [2.05, 4.69) is 15.4 Å². The van der Waals surface area contributed by atoms with E-state index in [0.717, 1.165) is 0 Å². The number of rotatable bonds is 0. The third kappa shape index (κ3) is 1.10. The number of hydrogen-bond acceptors (Lipinski definition) is 0. The summed E-state index contributed by atoms with van der Waals surface area (Å²) in [4.78, 5) is 2.36. The van der Waals surface area contributed by atoms with Crippen molar-refractivity contribution in [2.24, 2.45) is 0 Å². The molecule has 0 aromatic carbocycles. The molecule has 6 heavy (non-hydrogen) atoms. The molecule has 0 amide bonds. The van der Waals surface area contributed by atoms with Crippen LogP contribution in [0.1, 0.15) is 6.92 Å². The molecule has 2 heteroatoms. The van der Waals surface area contributed by atoms with Gasteiger partial charge in [-0.25, -0.2) is 0 Å². The van der Waals surface area contributed by atoms with E-state index in [4.69, 9.17) is 0 Å². The van der Waals surface area contributed by atoms with Gasteiger partial charge in [0.15, 0.2) is 0 Å². The first-order valence-corrected chi connectivity index (χ1v) is 5.89. The zero-order chi connectivity index (χ0) is 4.41. The van der Waals surface area contributed by atoms with E-state index in [1.54, 1.807) is 4.36 Å². The molecule has 1 rings (SSSR count). The molecule has 1 aliphatic rings. The molecule has 0 saturated carbocycles. The Bertz CT molecular complexity index is 102. The van der Waals surface area contributed by atoms with Gasteiger partial charge in [0.05, 0.1) is 0 Å². The first kappa shape index (κ1) is 4.88. The minimum absolute atomic E-state index is 0.222. The van der Waals surface area contributed by atoms with Crippen LogP contribution < -0.4 is 0 Å². The fourth-order valence-electron chi connectivity index (χ4n) is 0.282. The van der Waals surface area contributed by atoms with Gasteiger partial charge < -0.3 is 0 Å². The van der Waals surface area contributed by atoms with Crippen molar-refractivity contribution < 1.29 is 0 Å². The van der Waals surface area contributed by atoms with Gasteiger partial charge >= 0.3 is 50.8 Å². The van der Waals surface area contributed by atoms with Crippen molar-refractivity contribution in [1.29, 1.82) is 0 Å². The Kier molecular flexibility index (Phi) is 1.74. The van der Waals surface area contributed by atoms with Gasteiger partial charge in [-0.05, 0) is 0 Å². The summed E-state index contributed by atoms with van der Waals surface area (Å²) >= 11 is 0.684. The van der Waals surface area contributed by atoms with E-state index in [1.165, 1.54) is 0 Å². The summed E-state index contributed by atoms with van der Waals surface area (Å²) in [5.74, 6) is 0. The van der Waals surface area contributed by atoms with Crippen molar-refractivity contribution in [3.8, 4) is 0 Å². The quantitative estimate of drug-likeness (QED) is 0.471. The summed E-state index contributed by atoms with van der Waals surface area (Å²) in [5.41, 5.74) is 0. The molecule has 1 atom stereocenters. The summed E-state index contributed by atoms with van der Waals surface area (Å²) in [6.45, 7) is 2.22. The predicted octanol–water partition coefficient (Wildman–Crippen LogP) is -0.361. The fourth-order valence-corrected chi connectivity index (χ4v) is 6.20. The number of hydrogen-bond donors (Lipinski definition) is 0. The van der Waals surface area contributed by atoms with Crippen LogP contribution in [0, 0.1) is 0 Å². The molecule has 0 saturated heterocycles. The maximum absolute atomic E-state index is 3.40. The normalized spacial score (nSPS) is 25.2. The summed E-state index contributed by atoms with van der Waals surface area (Å²) in [6.07, 6.45) is 0. The zero-order valence-electron chi connectivity index (χ0n) is 3.52. The second kappa shape index (κ2) is 2.14. The summed E-state index contributed by atoms with van der Waals surface area (Å²) in [6, 6.07) is 0.